The average Bonchev–Trinajstić information content (AvgIpc) is 2.94. The molecule has 1 aliphatic heterocycles. The normalized spacial score (nSPS) is 14.8. The van der Waals surface area contributed by atoms with Gasteiger partial charge in [-0.25, -0.2) is 0 Å². The molecule has 2 aromatic heterocycles. The third-order valence-corrected chi connectivity index (χ3v) is 3.56. The number of nitrogens with zero attached hydrogens (tertiary/aromatic N) is 3. The summed E-state index contributed by atoms with van der Waals surface area (Å²) in [6.45, 7) is 2.70. The Balaban J connectivity index is 2.02. The molecule has 3 heterocycles. The number of thiophene rings is 1. The Morgan fingerprint density at radius 2 is 2.44 bits per heavy atom. The van der Waals surface area contributed by atoms with E-state index in [1.807, 2.05) is 11.4 Å². The molecule has 0 bridgehead atoms. The summed E-state index contributed by atoms with van der Waals surface area (Å²) in [5.41, 5.74) is 0. The molecule has 0 aliphatic carbocycles. The van der Waals surface area contributed by atoms with Crippen molar-refractivity contribution in [1.29, 1.82) is 0 Å². The van der Waals surface area contributed by atoms with Crippen molar-refractivity contribution in [3.05, 3.63) is 17.3 Å². The first-order chi connectivity index (χ1) is 7.88. The smallest absolute Gasteiger partial charge is 0.174 e. The van der Waals surface area contributed by atoms with Gasteiger partial charge in [0, 0.05) is 24.5 Å². The third-order valence-electron chi connectivity index (χ3n) is 2.65. The molecular weight excluding hydrogens is 224 g/mol. The van der Waals surface area contributed by atoms with Crippen LogP contribution >= 0.6 is 11.3 Å². The molecule has 0 radical (unpaired) electrons. The highest BCUT2D eigenvalue weighted by Crippen LogP contribution is 2.30. The fourth-order valence-corrected chi connectivity index (χ4v) is 2.67. The van der Waals surface area contributed by atoms with E-state index in [1.54, 1.807) is 18.4 Å². The maximum Gasteiger partial charge on any atom is 0.174 e. The molecule has 0 atom stereocenters. The fourth-order valence-electron chi connectivity index (χ4n) is 1.82. The van der Waals surface area contributed by atoms with E-state index in [2.05, 4.69) is 20.1 Å². The van der Waals surface area contributed by atoms with Gasteiger partial charge in [-0.2, -0.15) is 0 Å². The second kappa shape index (κ2) is 3.88. The molecule has 0 unspecified atom stereocenters. The number of nitrogens with one attached hydrogen (secondary N) is 1. The lowest BCUT2D eigenvalue weighted by Crippen LogP contribution is -2.28. The Bertz CT molecular complexity index is 505. The lowest BCUT2D eigenvalue weighted by molar-refractivity contribution is 0.417. The third kappa shape index (κ3) is 1.50. The first kappa shape index (κ1) is 9.80. The van der Waals surface area contributed by atoms with E-state index in [-0.39, 0.29) is 0 Å². The molecule has 1 N–H and O–H groups in total. The Morgan fingerprint density at radius 1 is 1.50 bits per heavy atom. The van der Waals surface area contributed by atoms with Gasteiger partial charge in [-0.1, -0.05) is 0 Å². The van der Waals surface area contributed by atoms with Crippen molar-refractivity contribution in [1.82, 2.24) is 20.1 Å². The van der Waals surface area contributed by atoms with Crippen LogP contribution in [0, 0.1) is 0 Å². The van der Waals surface area contributed by atoms with E-state index in [0.29, 0.717) is 0 Å². The standard InChI is InChI=1S/C10H12N4OS/c1-15-7-4-8(16-6-7)10-13-12-9-5-11-2-3-14(9)10/h4,6,11H,2-3,5H2,1H3. The molecule has 0 saturated heterocycles. The van der Waals surface area contributed by atoms with Gasteiger partial charge in [0.2, 0.25) is 0 Å². The zero-order chi connectivity index (χ0) is 11.0. The van der Waals surface area contributed by atoms with Gasteiger partial charge in [-0.05, 0) is 0 Å². The summed E-state index contributed by atoms with van der Waals surface area (Å²) in [7, 11) is 1.68. The van der Waals surface area contributed by atoms with E-state index in [4.69, 9.17) is 4.74 Å². The van der Waals surface area contributed by atoms with Crippen molar-refractivity contribution in [2.24, 2.45) is 0 Å². The number of hydrogen-bond donors (Lipinski definition) is 1. The van der Waals surface area contributed by atoms with Crippen LogP contribution in [0.3, 0.4) is 0 Å². The Hall–Kier alpha value is -1.40. The minimum Gasteiger partial charge on any atom is -0.496 e. The number of rotatable bonds is 2. The molecule has 5 nitrogen and oxygen atoms in total. The van der Waals surface area contributed by atoms with Crippen molar-refractivity contribution < 1.29 is 4.74 Å². The lowest BCUT2D eigenvalue weighted by Gasteiger charge is -2.15. The lowest BCUT2D eigenvalue weighted by atomic mass is 10.3. The predicted molar refractivity (Wildman–Crippen MR) is 61.6 cm³/mol. The zero-order valence-corrected chi connectivity index (χ0v) is 9.75. The van der Waals surface area contributed by atoms with Gasteiger partial charge in [0.1, 0.15) is 11.6 Å². The quantitative estimate of drug-likeness (QED) is 0.849. The number of fused-ring (bicyclic) bond motifs is 1. The molecule has 3 rings (SSSR count). The summed E-state index contributed by atoms with van der Waals surface area (Å²) in [4.78, 5) is 1.11. The molecule has 84 valence electrons. The van der Waals surface area contributed by atoms with E-state index < -0.39 is 0 Å². The minimum atomic E-state index is 0.801. The first-order valence-corrected chi connectivity index (χ1v) is 6.02. The van der Waals surface area contributed by atoms with Gasteiger partial charge < -0.3 is 14.6 Å². The van der Waals surface area contributed by atoms with Crippen LogP contribution in [0.5, 0.6) is 5.75 Å². The molecule has 0 saturated carbocycles. The van der Waals surface area contributed by atoms with Crippen molar-refractivity contribution in [3.8, 4) is 16.5 Å². The number of methoxy groups -OCH3 is 1. The molecule has 0 amide bonds. The summed E-state index contributed by atoms with van der Waals surface area (Å²) >= 11 is 1.64. The largest absolute Gasteiger partial charge is 0.496 e. The van der Waals surface area contributed by atoms with E-state index in [9.17, 15) is 0 Å². The van der Waals surface area contributed by atoms with Crippen LogP contribution in [0.25, 0.3) is 10.7 Å². The molecule has 2 aromatic rings. The SMILES string of the molecule is COc1csc(-c2nnc3n2CCNC3)c1. The van der Waals surface area contributed by atoms with Crippen LogP contribution < -0.4 is 10.1 Å². The van der Waals surface area contributed by atoms with Crippen molar-refractivity contribution in [2.75, 3.05) is 13.7 Å². The number of hydrogen-bond acceptors (Lipinski definition) is 5. The molecule has 0 fully saturated rings. The Kier molecular flexibility index (Phi) is 2.37. The van der Waals surface area contributed by atoms with Crippen LogP contribution in [0.1, 0.15) is 5.82 Å². The summed E-state index contributed by atoms with van der Waals surface area (Å²) in [5, 5.41) is 13.7. The highest BCUT2D eigenvalue weighted by atomic mass is 32.1. The van der Waals surface area contributed by atoms with Crippen LogP contribution in [0.4, 0.5) is 0 Å². The highest BCUT2D eigenvalue weighted by molar-refractivity contribution is 7.13. The maximum atomic E-state index is 5.18. The average molecular weight is 236 g/mol. The Labute approximate surface area is 97.1 Å². The predicted octanol–water partition coefficient (Wildman–Crippen LogP) is 1.12. The van der Waals surface area contributed by atoms with Gasteiger partial charge in [-0.15, -0.1) is 21.5 Å². The van der Waals surface area contributed by atoms with Crippen LogP contribution in [-0.2, 0) is 13.1 Å². The van der Waals surface area contributed by atoms with Crippen molar-refractivity contribution in [3.63, 3.8) is 0 Å². The Morgan fingerprint density at radius 3 is 3.25 bits per heavy atom. The second-order valence-corrected chi connectivity index (χ2v) is 4.53. The second-order valence-electron chi connectivity index (χ2n) is 3.62. The molecular formula is C10H12N4OS. The van der Waals surface area contributed by atoms with E-state index in [0.717, 1.165) is 41.9 Å². The number of ether oxygens (including phenoxy) is 1. The van der Waals surface area contributed by atoms with Gasteiger partial charge in [0.25, 0.3) is 0 Å². The molecule has 0 spiro atoms. The molecule has 0 aromatic carbocycles. The van der Waals surface area contributed by atoms with Gasteiger partial charge >= 0.3 is 0 Å². The topological polar surface area (TPSA) is 52.0 Å². The molecule has 6 heteroatoms. The van der Waals surface area contributed by atoms with Crippen molar-refractivity contribution in [2.45, 2.75) is 13.1 Å². The minimum absolute atomic E-state index is 0.801. The van der Waals surface area contributed by atoms with Crippen LogP contribution in [0.2, 0.25) is 0 Å². The van der Waals surface area contributed by atoms with Gasteiger partial charge in [0.15, 0.2) is 5.82 Å². The van der Waals surface area contributed by atoms with Crippen LogP contribution in [0.15, 0.2) is 11.4 Å². The molecule has 16 heavy (non-hydrogen) atoms. The number of aromatic nitrogens is 3. The summed E-state index contributed by atoms with van der Waals surface area (Å²) in [5.74, 6) is 2.84. The van der Waals surface area contributed by atoms with Crippen LogP contribution in [-0.4, -0.2) is 28.4 Å². The fraction of sp³-hybridized carbons (Fsp3) is 0.400. The maximum absolute atomic E-state index is 5.18. The van der Waals surface area contributed by atoms with E-state index in [1.165, 1.54) is 0 Å². The molecule has 1 aliphatic rings. The first-order valence-electron chi connectivity index (χ1n) is 5.14. The monoisotopic (exact) mass is 236 g/mol. The van der Waals surface area contributed by atoms with E-state index >= 15 is 0 Å². The zero-order valence-electron chi connectivity index (χ0n) is 8.93. The van der Waals surface area contributed by atoms with Gasteiger partial charge in [-0.3, -0.25) is 0 Å². The summed E-state index contributed by atoms with van der Waals surface area (Å²) in [6, 6.07) is 2.00. The summed E-state index contributed by atoms with van der Waals surface area (Å²) in [6.07, 6.45) is 0. The van der Waals surface area contributed by atoms with Gasteiger partial charge in [0.05, 0.1) is 18.5 Å². The summed E-state index contributed by atoms with van der Waals surface area (Å²) < 4.78 is 7.35. The van der Waals surface area contributed by atoms with Crippen molar-refractivity contribution >= 4 is 11.3 Å². The highest BCUT2D eigenvalue weighted by Gasteiger charge is 2.17.